The minimum Gasteiger partial charge on any atom is -0.342 e. The van der Waals surface area contributed by atoms with E-state index in [1.807, 2.05) is 38.1 Å². The zero-order valence-electron chi connectivity index (χ0n) is 16.3. The van der Waals surface area contributed by atoms with Crippen molar-refractivity contribution in [1.82, 2.24) is 15.1 Å². The Morgan fingerprint density at radius 3 is 2.63 bits per heavy atom. The van der Waals surface area contributed by atoms with Crippen molar-refractivity contribution in [2.45, 2.75) is 52.9 Å². The highest BCUT2D eigenvalue weighted by atomic mass is 32.1. The fraction of sp³-hybridized carbons (Fsp3) is 0.500. The lowest BCUT2D eigenvalue weighted by molar-refractivity contribution is -0.131. The molecule has 0 aliphatic carbocycles. The fourth-order valence-corrected chi connectivity index (χ4v) is 3.46. The molecule has 1 N–H and O–H groups in total. The molecule has 0 saturated carbocycles. The highest BCUT2D eigenvalue weighted by Crippen LogP contribution is 2.26. The number of nitrogens with zero attached hydrogens (tertiary/aromatic N) is 3. The van der Waals surface area contributed by atoms with Gasteiger partial charge in [-0.3, -0.25) is 9.59 Å². The number of benzene rings is 1. The van der Waals surface area contributed by atoms with Gasteiger partial charge in [0.2, 0.25) is 16.9 Å². The molecular formula is C20H28N4O2S. The molecule has 1 aromatic heterocycles. The second-order valence-electron chi connectivity index (χ2n) is 6.56. The number of rotatable bonds is 10. The minimum absolute atomic E-state index is 0.129. The largest absolute Gasteiger partial charge is 0.342 e. The minimum atomic E-state index is -0.147. The van der Waals surface area contributed by atoms with E-state index < -0.39 is 0 Å². The van der Waals surface area contributed by atoms with Gasteiger partial charge in [-0.1, -0.05) is 55.4 Å². The summed E-state index contributed by atoms with van der Waals surface area (Å²) < 4.78 is 0. The summed E-state index contributed by atoms with van der Waals surface area (Å²) in [6, 6.07) is 8.01. The number of carbonyl (C=O) groups is 2. The third-order valence-electron chi connectivity index (χ3n) is 4.14. The summed E-state index contributed by atoms with van der Waals surface area (Å²) in [5.74, 6) is -0.0181. The van der Waals surface area contributed by atoms with Gasteiger partial charge in [0, 0.05) is 31.5 Å². The first kappa shape index (κ1) is 21.0. The molecule has 0 bridgehead atoms. The lowest BCUT2D eigenvalue weighted by atomic mass is 10.1. The van der Waals surface area contributed by atoms with Crippen LogP contribution in [0.3, 0.4) is 0 Å². The molecule has 27 heavy (non-hydrogen) atoms. The van der Waals surface area contributed by atoms with Crippen molar-refractivity contribution in [1.29, 1.82) is 0 Å². The van der Waals surface area contributed by atoms with Crippen molar-refractivity contribution in [3.05, 3.63) is 29.8 Å². The molecule has 2 aromatic rings. The van der Waals surface area contributed by atoms with E-state index in [0.29, 0.717) is 24.6 Å². The Balaban J connectivity index is 1.88. The van der Waals surface area contributed by atoms with E-state index in [4.69, 9.17) is 0 Å². The maximum absolute atomic E-state index is 12.2. The zero-order chi connectivity index (χ0) is 19.6. The number of aromatic nitrogens is 2. The van der Waals surface area contributed by atoms with Gasteiger partial charge >= 0.3 is 0 Å². The number of unbranched alkanes of at least 4 members (excludes halogenated alkanes) is 1. The Bertz CT molecular complexity index is 760. The maximum atomic E-state index is 12.2. The molecule has 1 heterocycles. The van der Waals surface area contributed by atoms with Crippen molar-refractivity contribution < 1.29 is 9.59 Å². The van der Waals surface area contributed by atoms with Gasteiger partial charge in [0.25, 0.3) is 0 Å². The topological polar surface area (TPSA) is 75.2 Å². The van der Waals surface area contributed by atoms with Crippen molar-refractivity contribution in [2.24, 2.45) is 0 Å². The molecule has 146 valence electrons. The maximum Gasteiger partial charge on any atom is 0.227 e. The number of anilines is 1. The molecule has 1 aromatic carbocycles. The number of hydrogen-bond acceptors (Lipinski definition) is 5. The van der Waals surface area contributed by atoms with Gasteiger partial charge in [-0.05, 0) is 25.8 Å². The van der Waals surface area contributed by atoms with Gasteiger partial charge in [0.05, 0.1) is 0 Å². The van der Waals surface area contributed by atoms with E-state index in [1.54, 1.807) is 4.90 Å². The van der Waals surface area contributed by atoms with Crippen LogP contribution in [0.5, 0.6) is 0 Å². The summed E-state index contributed by atoms with van der Waals surface area (Å²) in [7, 11) is 0. The van der Waals surface area contributed by atoms with E-state index in [0.717, 1.165) is 35.4 Å². The van der Waals surface area contributed by atoms with Gasteiger partial charge in [-0.2, -0.15) is 0 Å². The average molecular weight is 389 g/mol. The Kier molecular flexibility index (Phi) is 8.39. The lowest BCUT2D eigenvalue weighted by Gasteiger charge is -2.21. The smallest absolute Gasteiger partial charge is 0.227 e. The molecule has 0 atom stereocenters. The molecule has 2 amide bonds. The van der Waals surface area contributed by atoms with Crippen LogP contribution < -0.4 is 5.32 Å². The molecule has 6 nitrogen and oxygen atoms in total. The summed E-state index contributed by atoms with van der Waals surface area (Å²) in [4.78, 5) is 26.3. The predicted molar refractivity (Wildman–Crippen MR) is 110 cm³/mol. The predicted octanol–water partition coefficient (Wildman–Crippen LogP) is 4.27. The van der Waals surface area contributed by atoms with Crippen LogP contribution in [-0.2, 0) is 9.59 Å². The van der Waals surface area contributed by atoms with Crippen molar-refractivity contribution in [3.63, 3.8) is 0 Å². The average Bonchev–Trinajstić information content (AvgIpc) is 3.11. The third kappa shape index (κ3) is 6.75. The van der Waals surface area contributed by atoms with Crippen LogP contribution in [0.25, 0.3) is 10.6 Å². The zero-order valence-corrected chi connectivity index (χ0v) is 17.1. The Labute approximate surface area is 165 Å². The van der Waals surface area contributed by atoms with Crippen LogP contribution in [0.1, 0.15) is 51.5 Å². The van der Waals surface area contributed by atoms with E-state index in [1.165, 1.54) is 11.3 Å². The van der Waals surface area contributed by atoms with Gasteiger partial charge in [-0.25, -0.2) is 0 Å². The molecule has 7 heteroatoms. The first-order chi connectivity index (χ1) is 13.0. The van der Waals surface area contributed by atoms with Crippen LogP contribution in [0.4, 0.5) is 5.13 Å². The SMILES string of the molecule is CCCCC(=O)N(CCC)CCC(=O)Nc1nnc(-c2cccc(C)c2)s1. The standard InChI is InChI=1S/C20H28N4O2S/c1-4-6-10-18(26)24(12-5-2)13-11-17(25)21-20-23-22-19(27-20)16-9-7-8-15(3)14-16/h7-9,14H,4-6,10-13H2,1-3H3,(H,21,23,25). The summed E-state index contributed by atoms with van der Waals surface area (Å²) >= 11 is 1.35. The number of nitrogens with one attached hydrogen (secondary N) is 1. The van der Waals surface area contributed by atoms with E-state index in [-0.39, 0.29) is 18.2 Å². The van der Waals surface area contributed by atoms with Crippen molar-refractivity contribution in [3.8, 4) is 10.6 Å². The second kappa shape index (κ2) is 10.8. The number of amides is 2. The van der Waals surface area contributed by atoms with Gasteiger partial charge in [0.1, 0.15) is 5.01 Å². The van der Waals surface area contributed by atoms with E-state index in [2.05, 4.69) is 22.4 Å². The normalized spacial score (nSPS) is 10.6. The lowest BCUT2D eigenvalue weighted by Crippen LogP contribution is -2.34. The number of aryl methyl sites for hydroxylation is 1. The summed E-state index contributed by atoms with van der Waals surface area (Å²) in [5.41, 5.74) is 2.14. The summed E-state index contributed by atoms with van der Waals surface area (Å²) in [5, 5.41) is 12.3. The molecule has 0 aliphatic heterocycles. The summed E-state index contributed by atoms with van der Waals surface area (Å²) in [6.07, 6.45) is 3.58. The van der Waals surface area contributed by atoms with Crippen LogP contribution in [0, 0.1) is 6.92 Å². The molecule has 0 saturated heterocycles. The Hall–Kier alpha value is -2.28. The molecule has 0 radical (unpaired) electrons. The molecule has 0 fully saturated rings. The number of carbonyl (C=O) groups excluding carboxylic acids is 2. The molecule has 0 aliphatic rings. The molecule has 2 rings (SSSR count). The quantitative estimate of drug-likeness (QED) is 0.659. The van der Waals surface area contributed by atoms with E-state index in [9.17, 15) is 9.59 Å². The molecule has 0 unspecified atom stereocenters. The van der Waals surface area contributed by atoms with E-state index >= 15 is 0 Å². The van der Waals surface area contributed by atoms with Crippen molar-refractivity contribution in [2.75, 3.05) is 18.4 Å². The Morgan fingerprint density at radius 2 is 1.93 bits per heavy atom. The first-order valence-corrected chi connectivity index (χ1v) is 10.3. The highest BCUT2D eigenvalue weighted by molar-refractivity contribution is 7.18. The third-order valence-corrected chi connectivity index (χ3v) is 5.02. The molecule has 0 spiro atoms. The number of hydrogen-bond donors (Lipinski definition) is 1. The second-order valence-corrected chi connectivity index (χ2v) is 7.54. The van der Waals surface area contributed by atoms with Crippen LogP contribution in [0.2, 0.25) is 0 Å². The Morgan fingerprint density at radius 1 is 1.11 bits per heavy atom. The van der Waals surface area contributed by atoms with Gasteiger partial charge in [-0.15, -0.1) is 10.2 Å². The van der Waals surface area contributed by atoms with Crippen LogP contribution >= 0.6 is 11.3 Å². The van der Waals surface area contributed by atoms with Gasteiger partial charge < -0.3 is 10.2 Å². The fourth-order valence-electron chi connectivity index (χ4n) is 2.70. The first-order valence-electron chi connectivity index (χ1n) is 9.51. The molecular weight excluding hydrogens is 360 g/mol. The summed E-state index contributed by atoms with van der Waals surface area (Å²) in [6.45, 7) is 7.25. The van der Waals surface area contributed by atoms with Crippen LogP contribution in [-0.4, -0.2) is 40.0 Å². The van der Waals surface area contributed by atoms with Gasteiger partial charge in [0.15, 0.2) is 0 Å². The van der Waals surface area contributed by atoms with Crippen molar-refractivity contribution >= 4 is 28.3 Å². The highest BCUT2D eigenvalue weighted by Gasteiger charge is 2.15. The monoisotopic (exact) mass is 388 g/mol. The van der Waals surface area contributed by atoms with Crippen LogP contribution in [0.15, 0.2) is 24.3 Å².